The highest BCUT2D eigenvalue weighted by molar-refractivity contribution is 5.96. The van der Waals surface area contributed by atoms with Gasteiger partial charge in [0.25, 0.3) is 5.91 Å². The van der Waals surface area contributed by atoms with Gasteiger partial charge in [0.05, 0.1) is 13.0 Å². The third-order valence-electron chi connectivity index (χ3n) is 3.86. The quantitative estimate of drug-likeness (QED) is 0.827. The van der Waals surface area contributed by atoms with Crippen molar-refractivity contribution in [3.05, 3.63) is 23.9 Å². The number of amides is 1. The van der Waals surface area contributed by atoms with Crippen LogP contribution in [0, 0.1) is 5.92 Å². The highest BCUT2D eigenvalue weighted by Gasteiger charge is 2.31. The lowest BCUT2D eigenvalue weighted by Gasteiger charge is -2.23. The van der Waals surface area contributed by atoms with E-state index in [9.17, 15) is 14.7 Å². The van der Waals surface area contributed by atoms with Crippen molar-refractivity contribution in [2.75, 3.05) is 7.11 Å². The van der Waals surface area contributed by atoms with Crippen molar-refractivity contribution in [1.82, 2.24) is 10.3 Å². The summed E-state index contributed by atoms with van der Waals surface area (Å²) < 4.78 is 5.07. The second-order valence-electron chi connectivity index (χ2n) is 5.22. The molecule has 1 fully saturated rings. The van der Waals surface area contributed by atoms with Crippen molar-refractivity contribution >= 4 is 11.9 Å². The van der Waals surface area contributed by atoms with Crippen molar-refractivity contribution in [1.29, 1.82) is 0 Å². The molecule has 0 unspecified atom stereocenters. The lowest BCUT2D eigenvalue weighted by atomic mass is 9.94. The van der Waals surface area contributed by atoms with E-state index in [2.05, 4.69) is 10.3 Å². The molecule has 0 saturated heterocycles. The summed E-state index contributed by atoms with van der Waals surface area (Å²) in [5.74, 6) is -1.46. The summed E-state index contributed by atoms with van der Waals surface area (Å²) in [6.07, 6.45) is 5.65. The molecule has 0 spiro atoms. The minimum atomic E-state index is -0.847. The van der Waals surface area contributed by atoms with Crippen LogP contribution in [0.2, 0.25) is 0 Å². The molecule has 1 aliphatic rings. The molecule has 0 aromatic carbocycles. The lowest BCUT2D eigenvalue weighted by Crippen LogP contribution is -2.43. The van der Waals surface area contributed by atoms with Gasteiger partial charge >= 0.3 is 5.97 Å². The fraction of sp³-hybridized carbons (Fsp3) is 0.533. The molecule has 21 heavy (non-hydrogen) atoms. The first-order valence-electron chi connectivity index (χ1n) is 7.16. The van der Waals surface area contributed by atoms with Gasteiger partial charge in [0.1, 0.15) is 5.56 Å². The number of hydrogen-bond acceptors (Lipinski definition) is 4. The summed E-state index contributed by atoms with van der Waals surface area (Å²) in [7, 11) is 1.45. The van der Waals surface area contributed by atoms with Crippen LogP contribution in [0.5, 0.6) is 5.88 Å². The number of carboxylic acids is 1. The smallest absolute Gasteiger partial charge is 0.308 e. The predicted octanol–water partition coefficient (Wildman–Crippen LogP) is 1.85. The second-order valence-corrected chi connectivity index (χ2v) is 5.22. The zero-order chi connectivity index (χ0) is 15.2. The van der Waals surface area contributed by atoms with Gasteiger partial charge < -0.3 is 15.2 Å². The Balaban J connectivity index is 2.14. The summed E-state index contributed by atoms with van der Waals surface area (Å²) >= 11 is 0. The molecule has 2 N–H and O–H groups in total. The van der Waals surface area contributed by atoms with E-state index in [0.29, 0.717) is 18.4 Å². The standard InChI is InChI=1S/C15H20N2O4/c1-21-14-11(7-5-9-16-14)13(18)17-12-8-4-2-3-6-10(12)15(19)20/h5,7,9-10,12H,2-4,6,8H2,1H3,(H,17,18)(H,19,20)/t10-,12+/m0/s1. The second kappa shape index (κ2) is 7.06. The molecule has 1 aliphatic carbocycles. The maximum Gasteiger partial charge on any atom is 0.308 e. The first-order chi connectivity index (χ1) is 10.1. The first kappa shape index (κ1) is 15.3. The van der Waals surface area contributed by atoms with Gasteiger partial charge in [-0.15, -0.1) is 0 Å². The lowest BCUT2D eigenvalue weighted by molar-refractivity contribution is -0.142. The minimum Gasteiger partial charge on any atom is -0.481 e. The zero-order valence-corrected chi connectivity index (χ0v) is 12.0. The molecule has 2 rings (SSSR count). The van der Waals surface area contributed by atoms with Crippen LogP contribution in [0.15, 0.2) is 18.3 Å². The average molecular weight is 292 g/mol. The minimum absolute atomic E-state index is 0.246. The van der Waals surface area contributed by atoms with E-state index in [1.165, 1.54) is 7.11 Å². The molecule has 114 valence electrons. The number of aliphatic carboxylic acids is 1. The van der Waals surface area contributed by atoms with Gasteiger partial charge in [0, 0.05) is 12.2 Å². The van der Waals surface area contributed by atoms with E-state index in [1.807, 2.05) is 0 Å². The summed E-state index contributed by atoms with van der Waals surface area (Å²) in [6, 6.07) is 2.93. The fourth-order valence-corrected chi connectivity index (χ4v) is 2.75. The Morgan fingerprint density at radius 1 is 1.33 bits per heavy atom. The zero-order valence-electron chi connectivity index (χ0n) is 12.0. The average Bonchev–Trinajstić information content (AvgIpc) is 2.72. The van der Waals surface area contributed by atoms with Gasteiger partial charge in [0.15, 0.2) is 0 Å². The fourth-order valence-electron chi connectivity index (χ4n) is 2.75. The maximum atomic E-state index is 12.3. The maximum absolute atomic E-state index is 12.3. The molecular weight excluding hydrogens is 272 g/mol. The van der Waals surface area contributed by atoms with Gasteiger partial charge in [-0.2, -0.15) is 0 Å². The third kappa shape index (κ3) is 3.71. The van der Waals surface area contributed by atoms with Crippen molar-refractivity contribution < 1.29 is 19.4 Å². The van der Waals surface area contributed by atoms with E-state index in [-0.39, 0.29) is 17.8 Å². The van der Waals surface area contributed by atoms with E-state index < -0.39 is 11.9 Å². The van der Waals surface area contributed by atoms with Crippen LogP contribution < -0.4 is 10.1 Å². The van der Waals surface area contributed by atoms with Gasteiger partial charge in [-0.25, -0.2) is 4.98 Å². The number of ether oxygens (including phenoxy) is 1. The number of carbonyl (C=O) groups excluding carboxylic acids is 1. The van der Waals surface area contributed by atoms with Crippen molar-refractivity contribution in [3.8, 4) is 5.88 Å². The summed E-state index contributed by atoms with van der Waals surface area (Å²) in [5, 5.41) is 12.2. The summed E-state index contributed by atoms with van der Waals surface area (Å²) in [4.78, 5) is 27.7. The highest BCUT2D eigenvalue weighted by atomic mass is 16.5. The Kier molecular flexibility index (Phi) is 5.14. The number of aromatic nitrogens is 1. The summed E-state index contributed by atoms with van der Waals surface area (Å²) in [6.45, 7) is 0. The molecule has 1 heterocycles. The molecule has 6 heteroatoms. The van der Waals surface area contributed by atoms with Crippen LogP contribution >= 0.6 is 0 Å². The van der Waals surface area contributed by atoms with Crippen molar-refractivity contribution in [2.24, 2.45) is 5.92 Å². The molecule has 0 aliphatic heterocycles. The highest BCUT2D eigenvalue weighted by Crippen LogP contribution is 2.24. The number of carbonyl (C=O) groups is 2. The molecule has 6 nitrogen and oxygen atoms in total. The van der Waals surface area contributed by atoms with Gasteiger partial charge in [-0.1, -0.05) is 19.3 Å². The Morgan fingerprint density at radius 3 is 2.81 bits per heavy atom. The topological polar surface area (TPSA) is 88.5 Å². The number of rotatable bonds is 4. The number of methoxy groups -OCH3 is 1. The number of hydrogen-bond donors (Lipinski definition) is 2. The van der Waals surface area contributed by atoms with Crippen LogP contribution in [0.4, 0.5) is 0 Å². The van der Waals surface area contributed by atoms with Crippen LogP contribution in [-0.2, 0) is 4.79 Å². The summed E-state index contributed by atoms with van der Waals surface area (Å²) in [5.41, 5.74) is 0.327. The molecule has 1 aromatic heterocycles. The van der Waals surface area contributed by atoms with Gasteiger partial charge in [-0.3, -0.25) is 9.59 Å². The number of carboxylic acid groups (broad SMARTS) is 1. The first-order valence-corrected chi connectivity index (χ1v) is 7.16. The van der Waals surface area contributed by atoms with Gasteiger partial charge in [-0.05, 0) is 25.0 Å². The number of nitrogens with one attached hydrogen (secondary N) is 1. The van der Waals surface area contributed by atoms with Crippen molar-refractivity contribution in [3.63, 3.8) is 0 Å². The van der Waals surface area contributed by atoms with Crippen LogP contribution in [0.25, 0.3) is 0 Å². The molecule has 2 atom stereocenters. The molecule has 1 aromatic rings. The van der Waals surface area contributed by atoms with Crippen molar-refractivity contribution in [2.45, 2.75) is 38.1 Å². The predicted molar refractivity (Wildman–Crippen MR) is 76.3 cm³/mol. The Bertz CT molecular complexity index is 518. The Hall–Kier alpha value is -2.11. The van der Waals surface area contributed by atoms with E-state index in [1.54, 1.807) is 18.3 Å². The molecule has 1 amide bonds. The van der Waals surface area contributed by atoms with E-state index in [0.717, 1.165) is 19.3 Å². The van der Waals surface area contributed by atoms with E-state index in [4.69, 9.17) is 4.74 Å². The van der Waals surface area contributed by atoms with Crippen LogP contribution in [-0.4, -0.2) is 35.1 Å². The van der Waals surface area contributed by atoms with E-state index >= 15 is 0 Å². The monoisotopic (exact) mass is 292 g/mol. The Labute approximate surface area is 123 Å². The molecular formula is C15H20N2O4. The Morgan fingerprint density at radius 2 is 2.10 bits per heavy atom. The number of pyridine rings is 1. The number of nitrogens with zero attached hydrogens (tertiary/aromatic N) is 1. The third-order valence-corrected chi connectivity index (χ3v) is 3.86. The largest absolute Gasteiger partial charge is 0.481 e. The molecule has 0 bridgehead atoms. The normalized spacial score (nSPS) is 22.1. The van der Waals surface area contributed by atoms with Crippen LogP contribution in [0.1, 0.15) is 42.5 Å². The SMILES string of the molecule is COc1ncccc1C(=O)N[C@@H]1CCCCC[C@@H]1C(=O)O. The molecule has 0 radical (unpaired) electrons. The molecule has 1 saturated carbocycles. The van der Waals surface area contributed by atoms with Crippen LogP contribution in [0.3, 0.4) is 0 Å². The van der Waals surface area contributed by atoms with Gasteiger partial charge in [0.2, 0.25) is 5.88 Å².